The zero-order chi connectivity index (χ0) is 18.5. The molecule has 3 atom stereocenters. The van der Waals surface area contributed by atoms with E-state index >= 15 is 0 Å². The van der Waals surface area contributed by atoms with Gasteiger partial charge in [0.05, 0.1) is 0 Å². The van der Waals surface area contributed by atoms with E-state index in [-0.39, 0.29) is 0 Å². The molecule has 0 radical (unpaired) electrons. The van der Waals surface area contributed by atoms with Gasteiger partial charge in [-0.05, 0) is 48.6 Å². The molecule has 140 valence electrons. The highest BCUT2D eigenvalue weighted by Gasteiger charge is 2.32. The number of aryl methyl sites for hydroxylation is 1. The highest BCUT2D eigenvalue weighted by Crippen LogP contribution is 2.38. The quantitative estimate of drug-likeness (QED) is 0.763. The fraction of sp³-hybridized carbons (Fsp3) is 0.571. The van der Waals surface area contributed by atoms with Crippen molar-refractivity contribution in [2.24, 2.45) is 23.7 Å². The maximum atomic E-state index is 5.60. The summed E-state index contributed by atoms with van der Waals surface area (Å²) >= 11 is 0. The summed E-state index contributed by atoms with van der Waals surface area (Å²) in [5, 5.41) is 11.8. The minimum atomic E-state index is 0.497. The summed E-state index contributed by atoms with van der Waals surface area (Å²) in [4.78, 5) is 4.19. The highest BCUT2D eigenvalue weighted by molar-refractivity contribution is 5.14. The molecule has 5 nitrogen and oxygen atoms in total. The van der Waals surface area contributed by atoms with Gasteiger partial charge in [-0.15, -0.1) is 10.2 Å². The molecular formula is C21H30N4O. The lowest BCUT2D eigenvalue weighted by Gasteiger charge is -2.37. The predicted molar refractivity (Wildman–Crippen MR) is 102 cm³/mol. The van der Waals surface area contributed by atoms with Gasteiger partial charge in [-0.1, -0.05) is 31.6 Å². The number of nitrogens with one attached hydrogen (secondary N) is 1. The second-order valence-electron chi connectivity index (χ2n) is 7.83. The van der Waals surface area contributed by atoms with E-state index in [1.165, 1.54) is 17.6 Å². The summed E-state index contributed by atoms with van der Waals surface area (Å²) in [6.45, 7) is 10.6. The molecule has 2 heterocycles. The molecule has 1 N–H and O–H groups in total. The van der Waals surface area contributed by atoms with Crippen LogP contribution in [0.2, 0.25) is 0 Å². The second kappa shape index (κ2) is 8.58. The minimum Gasteiger partial charge on any atom is -0.426 e. The average Bonchev–Trinajstić information content (AvgIpc) is 3.02. The first-order valence-corrected chi connectivity index (χ1v) is 9.60. The van der Waals surface area contributed by atoms with Crippen molar-refractivity contribution in [3.63, 3.8) is 0 Å². The topological polar surface area (TPSA) is 63.8 Å². The van der Waals surface area contributed by atoms with Gasteiger partial charge in [0.25, 0.3) is 0 Å². The van der Waals surface area contributed by atoms with Crippen LogP contribution in [0.1, 0.15) is 44.5 Å². The number of aromatic nitrogens is 3. The van der Waals surface area contributed by atoms with Crippen molar-refractivity contribution >= 4 is 0 Å². The van der Waals surface area contributed by atoms with Crippen LogP contribution in [0.5, 0.6) is 0 Å². The van der Waals surface area contributed by atoms with Crippen LogP contribution in [0, 0.1) is 30.6 Å². The third-order valence-electron chi connectivity index (χ3n) is 5.50. The number of pyridine rings is 1. The summed E-state index contributed by atoms with van der Waals surface area (Å²) in [5.74, 6) is 3.78. The number of hydrogen-bond donors (Lipinski definition) is 1. The van der Waals surface area contributed by atoms with Gasteiger partial charge in [0, 0.05) is 38.8 Å². The van der Waals surface area contributed by atoms with E-state index in [1.54, 1.807) is 0 Å². The Morgan fingerprint density at radius 1 is 1.27 bits per heavy atom. The van der Waals surface area contributed by atoms with Gasteiger partial charge in [0.15, 0.2) is 0 Å². The smallest absolute Gasteiger partial charge is 0.217 e. The van der Waals surface area contributed by atoms with Crippen molar-refractivity contribution in [2.45, 2.75) is 47.1 Å². The maximum Gasteiger partial charge on any atom is 0.217 e. The van der Waals surface area contributed by atoms with Gasteiger partial charge < -0.3 is 9.73 Å². The van der Waals surface area contributed by atoms with Crippen molar-refractivity contribution in [1.82, 2.24) is 20.5 Å². The fourth-order valence-corrected chi connectivity index (χ4v) is 4.02. The van der Waals surface area contributed by atoms with E-state index < -0.39 is 0 Å². The average molecular weight is 354 g/mol. The third kappa shape index (κ3) is 4.79. The molecule has 0 aromatic carbocycles. The lowest BCUT2D eigenvalue weighted by Crippen LogP contribution is -2.34. The molecule has 2 aromatic rings. The Morgan fingerprint density at radius 2 is 2.12 bits per heavy atom. The molecule has 0 saturated carbocycles. The van der Waals surface area contributed by atoms with Crippen molar-refractivity contribution in [2.75, 3.05) is 6.54 Å². The Kier molecular flexibility index (Phi) is 6.20. The monoisotopic (exact) mass is 354 g/mol. The predicted octanol–water partition coefficient (Wildman–Crippen LogP) is 3.96. The van der Waals surface area contributed by atoms with Crippen LogP contribution in [0.25, 0.3) is 0 Å². The zero-order valence-electron chi connectivity index (χ0n) is 16.3. The molecule has 1 aliphatic rings. The Labute approximate surface area is 156 Å². The first kappa shape index (κ1) is 18.8. The molecule has 0 spiro atoms. The van der Waals surface area contributed by atoms with Crippen LogP contribution in [-0.2, 0) is 13.0 Å². The number of hydrogen-bond acceptors (Lipinski definition) is 5. The summed E-state index contributed by atoms with van der Waals surface area (Å²) in [5.41, 5.74) is 2.68. The van der Waals surface area contributed by atoms with Gasteiger partial charge in [-0.25, -0.2) is 0 Å². The Balaban J connectivity index is 1.63. The van der Waals surface area contributed by atoms with Gasteiger partial charge in [0.1, 0.15) is 0 Å². The molecule has 1 aliphatic carbocycles. The first-order valence-electron chi connectivity index (χ1n) is 9.60. The number of rotatable bonds is 7. The number of nitrogens with zero attached hydrogens (tertiary/aromatic N) is 3. The van der Waals surface area contributed by atoms with Crippen LogP contribution in [0.3, 0.4) is 0 Å². The Morgan fingerprint density at radius 3 is 2.77 bits per heavy atom. The van der Waals surface area contributed by atoms with Crippen molar-refractivity contribution in [1.29, 1.82) is 0 Å². The van der Waals surface area contributed by atoms with E-state index in [1.807, 2.05) is 25.4 Å². The van der Waals surface area contributed by atoms with E-state index in [4.69, 9.17) is 4.42 Å². The van der Waals surface area contributed by atoms with E-state index in [0.29, 0.717) is 29.6 Å². The number of allylic oxidation sites excluding steroid dienone is 1. The SMILES string of the molecule is CC1=CC(CNCc2cccnc2)C(C(C)C)CC1Cc1nnc(C)o1. The van der Waals surface area contributed by atoms with Crippen LogP contribution < -0.4 is 5.32 Å². The normalized spacial score (nSPS) is 23.3. The van der Waals surface area contributed by atoms with Gasteiger partial charge in [-0.3, -0.25) is 4.98 Å². The third-order valence-corrected chi connectivity index (χ3v) is 5.50. The Bertz CT molecular complexity index is 723. The Hall–Kier alpha value is -2.01. The fourth-order valence-electron chi connectivity index (χ4n) is 4.02. The van der Waals surface area contributed by atoms with Crippen LogP contribution >= 0.6 is 0 Å². The molecule has 0 saturated heterocycles. The molecule has 3 rings (SSSR count). The lowest BCUT2D eigenvalue weighted by molar-refractivity contribution is 0.218. The maximum absolute atomic E-state index is 5.60. The van der Waals surface area contributed by atoms with Crippen molar-refractivity contribution in [3.8, 4) is 0 Å². The van der Waals surface area contributed by atoms with Crippen LogP contribution in [0.15, 0.2) is 40.6 Å². The second-order valence-corrected chi connectivity index (χ2v) is 7.83. The van der Waals surface area contributed by atoms with E-state index in [0.717, 1.165) is 25.4 Å². The van der Waals surface area contributed by atoms with E-state index in [2.05, 4.69) is 53.4 Å². The summed E-state index contributed by atoms with van der Waals surface area (Å²) < 4.78 is 5.60. The van der Waals surface area contributed by atoms with Gasteiger partial charge in [0.2, 0.25) is 11.8 Å². The molecule has 5 heteroatoms. The van der Waals surface area contributed by atoms with Gasteiger partial charge >= 0.3 is 0 Å². The molecule has 26 heavy (non-hydrogen) atoms. The molecular weight excluding hydrogens is 324 g/mol. The molecule has 0 fully saturated rings. The minimum absolute atomic E-state index is 0.497. The lowest BCUT2D eigenvalue weighted by atomic mass is 9.70. The molecule has 0 aliphatic heterocycles. The summed E-state index contributed by atoms with van der Waals surface area (Å²) in [6.07, 6.45) is 8.25. The largest absolute Gasteiger partial charge is 0.426 e. The van der Waals surface area contributed by atoms with E-state index in [9.17, 15) is 0 Å². The van der Waals surface area contributed by atoms with Crippen molar-refractivity contribution < 1.29 is 4.42 Å². The van der Waals surface area contributed by atoms with Crippen LogP contribution in [0.4, 0.5) is 0 Å². The molecule has 3 unspecified atom stereocenters. The summed E-state index contributed by atoms with van der Waals surface area (Å²) in [6, 6.07) is 4.10. The first-order chi connectivity index (χ1) is 12.5. The van der Waals surface area contributed by atoms with Gasteiger partial charge in [-0.2, -0.15) is 0 Å². The molecule has 0 bridgehead atoms. The standard InChI is InChI=1S/C21H30N4O/c1-14(2)20-9-18(10-21-25-24-16(4)26-21)15(3)8-19(20)13-23-12-17-6-5-7-22-11-17/h5-8,11,14,18-20,23H,9-10,12-13H2,1-4H3. The molecule has 0 amide bonds. The highest BCUT2D eigenvalue weighted by atomic mass is 16.4. The van der Waals surface area contributed by atoms with Crippen molar-refractivity contribution in [3.05, 3.63) is 53.5 Å². The summed E-state index contributed by atoms with van der Waals surface area (Å²) in [7, 11) is 0. The molecule has 2 aromatic heterocycles. The van der Waals surface area contributed by atoms with Crippen LogP contribution in [-0.4, -0.2) is 21.7 Å². The zero-order valence-corrected chi connectivity index (χ0v) is 16.3.